The van der Waals surface area contributed by atoms with Crippen molar-refractivity contribution in [2.75, 3.05) is 13.2 Å². The smallest absolute Gasteiger partial charge is 0.0614 e. The second-order valence-corrected chi connectivity index (χ2v) is 8.25. The van der Waals surface area contributed by atoms with Crippen LogP contribution in [0.15, 0.2) is 23.8 Å². The second-order valence-electron chi connectivity index (χ2n) is 8.25. The number of rotatable bonds is 5. The van der Waals surface area contributed by atoms with Gasteiger partial charge in [0.05, 0.1) is 6.61 Å². The number of hydrogen-bond acceptors (Lipinski definition) is 2. The molecule has 0 aromatic rings. The lowest BCUT2D eigenvalue weighted by atomic mass is 9.47. The van der Waals surface area contributed by atoms with E-state index < -0.39 is 0 Å². The third-order valence-electron chi connectivity index (χ3n) is 6.77. The van der Waals surface area contributed by atoms with E-state index in [2.05, 4.69) is 27.4 Å². The SMILES string of the molecule is C=C1CC[C@@H]2[C@@](C)(CO)CCC[C@@]2(C)[C@@H]1CC/C(C)=C/CO. The van der Waals surface area contributed by atoms with Crippen molar-refractivity contribution in [3.05, 3.63) is 23.8 Å². The van der Waals surface area contributed by atoms with Crippen LogP contribution in [0.4, 0.5) is 0 Å². The quantitative estimate of drug-likeness (QED) is 0.735. The Labute approximate surface area is 136 Å². The van der Waals surface area contributed by atoms with Gasteiger partial charge in [0.15, 0.2) is 0 Å². The van der Waals surface area contributed by atoms with E-state index in [0.717, 1.165) is 25.7 Å². The van der Waals surface area contributed by atoms with Gasteiger partial charge in [-0.2, -0.15) is 0 Å². The Bertz CT molecular complexity index is 439. The van der Waals surface area contributed by atoms with Gasteiger partial charge in [-0.05, 0) is 68.1 Å². The summed E-state index contributed by atoms with van der Waals surface area (Å²) in [4.78, 5) is 0. The van der Waals surface area contributed by atoms with Crippen LogP contribution < -0.4 is 0 Å². The van der Waals surface area contributed by atoms with Crippen molar-refractivity contribution < 1.29 is 10.2 Å². The van der Waals surface area contributed by atoms with Gasteiger partial charge in [0.2, 0.25) is 0 Å². The summed E-state index contributed by atoms with van der Waals surface area (Å²) in [5, 5.41) is 19.0. The molecule has 126 valence electrons. The summed E-state index contributed by atoms with van der Waals surface area (Å²) < 4.78 is 0. The molecular weight excluding hydrogens is 272 g/mol. The van der Waals surface area contributed by atoms with Crippen LogP contribution in [0.5, 0.6) is 0 Å². The molecule has 0 aliphatic heterocycles. The van der Waals surface area contributed by atoms with Gasteiger partial charge in [-0.15, -0.1) is 0 Å². The number of fused-ring (bicyclic) bond motifs is 1. The van der Waals surface area contributed by atoms with Gasteiger partial charge >= 0.3 is 0 Å². The number of hydrogen-bond donors (Lipinski definition) is 2. The molecule has 2 N–H and O–H groups in total. The lowest BCUT2D eigenvalue weighted by Crippen LogP contribution is -2.51. The molecule has 0 aromatic heterocycles. The summed E-state index contributed by atoms with van der Waals surface area (Å²) in [7, 11) is 0. The Kier molecular flexibility index (Phi) is 5.55. The molecule has 0 amide bonds. The maximum Gasteiger partial charge on any atom is 0.0614 e. The molecule has 2 aliphatic rings. The molecule has 0 unspecified atom stereocenters. The van der Waals surface area contributed by atoms with Gasteiger partial charge in [-0.1, -0.05) is 44.1 Å². The minimum atomic E-state index is 0.0853. The van der Waals surface area contributed by atoms with E-state index in [1.807, 2.05) is 6.08 Å². The first kappa shape index (κ1) is 17.7. The highest BCUT2D eigenvalue weighted by atomic mass is 16.3. The van der Waals surface area contributed by atoms with E-state index in [-0.39, 0.29) is 17.4 Å². The van der Waals surface area contributed by atoms with Crippen LogP contribution in [0.2, 0.25) is 0 Å². The molecule has 0 bridgehead atoms. The van der Waals surface area contributed by atoms with Crippen LogP contribution in [0.1, 0.15) is 65.7 Å². The van der Waals surface area contributed by atoms with Crippen molar-refractivity contribution in [2.45, 2.75) is 65.7 Å². The first-order valence-electron chi connectivity index (χ1n) is 8.92. The molecule has 0 saturated heterocycles. The monoisotopic (exact) mass is 306 g/mol. The van der Waals surface area contributed by atoms with Crippen LogP contribution in [-0.2, 0) is 0 Å². The van der Waals surface area contributed by atoms with Gasteiger partial charge in [-0.25, -0.2) is 0 Å². The topological polar surface area (TPSA) is 40.5 Å². The molecule has 0 radical (unpaired) electrons. The Balaban J connectivity index is 2.20. The zero-order valence-corrected chi connectivity index (χ0v) is 14.7. The van der Waals surface area contributed by atoms with E-state index in [0.29, 0.717) is 18.4 Å². The molecule has 2 fully saturated rings. The fourth-order valence-corrected chi connectivity index (χ4v) is 5.44. The minimum absolute atomic E-state index is 0.0853. The summed E-state index contributed by atoms with van der Waals surface area (Å²) >= 11 is 0. The number of allylic oxidation sites excluding steroid dienone is 2. The lowest BCUT2D eigenvalue weighted by Gasteiger charge is -2.58. The number of aliphatic hydroxyl groups is 2. The van der Waals surface area contributed by atoms with Gasteiger partial charge in [0, 0.05) is 6.61 Å². The van der Waals surface area contributed by atoms with E-state index in [1.165, 1.54) is 30.4 Å². The van der Waals surface area contributed by atoms with Crippen molar-refractivity contribution in [3.63, 3.8) is 0 Å². The first-order valence-corrected chi connectivity index (χ1v) is 8.92. The van der Waals surface area contributed by atoms with Crippen LogP contribution in [0, 0.1) is 22.7 Å². The Morgan fingerprint density at radius 2 is 2.05 bits per heavy atom. The largest absolute Gasteiger partial charge is 0.396 e. The van der Waals surface area contributed by atoms with Crippen LogP contribution in [-0.4, -0.2) is 23.4 Å². The first-order chi connectivity index (χ1) is 10.4. The average Bonchev–Trinajstić information content (AvgIpc) is 2.46. The van der Waals surface area contributed by atoms with Gasteiger partial charge in [-0.3, -0.25) is 0 Å². The highest BCUT2D eigenvalue weighted by Crippen LogP contribution is 2.61. The molecule has 4 atom stereocenters. The van der Waals surface area contributed by atoms with Crippen molar-refractivity contribution in [2.24, 2.45) is 22.7 Å². The Morgan fingerprint density at radius 3 is 2.68 bits per heavy atom. The Morgan fingerprint density at radius 1 is 1.32 bits per heavy atom. The molecule has 22 heavy (non-hydrogen) atoms. The molecule has 0 heterocycles. The van der Waals surface area contributed by atoms with Crippen LogP contribution in [0.25, 0.3) is 0 Å². The van der Waals surface area contributed by atoms with Crippen LogP contribution in [0.3, 0.4) is 0 Å². The van der Waals surface area contributed by atoms with E-state index in [1.54, 1.807) is 0 Å². The molecule has 0 aromatic carbocycles. The summed E-state index contributed by atoms with van der Waals surface area (Å²) in [6, 6.07) is 0. The highest BCUT2D eigenvalue weighted by molar-refractivity contribution is 5.17. The highest BCUT2D eigenvalue weighted by Gasteiger charge is 2.53. The van der Waals surface area contributed by atoms with Crippen LogP contribution >= 0.6 is 0 Å². The number of aliphatic hydroxyl groups excluding tert-OH is 2. The van der Waals surface area contributed by atoms with Crippen molar-refractivity contribution >= 4 is 0 Å². The third kappa shape index (κ3) is 3.19. The lowest BCUT2D eigenvalue weighted by molar-refractivity contribution is -0.0858. The maximum atomic E-state index is 9.98. The van der Waals surface area contributed by atoms with E-state index in [9.17, 15) is 5.11 Å². The van der Waals surface area contributed by atoms with Crippen molar-refractivity contribution in [1.82, 2.24) is 0 Å². The zero-order valence-electron chi connectivity index (χ0n) is 14.7. The van der Waals surface area contributed by atoms with Gasteiger partial charge in [0.25, 0.3) is 0 Å². The minimum Gasteiger partial charge on any atom is -0.396 e. The van der Waals surface area contributed by atoms with E-state index in [4.69, 9.17) is 5.11 Å². The normalized spacial score (nSPS) is 39.7. The maximum absolute atomic E-state index is 9.98. The standard InChI is InChI=1S/C20H34O2/c1-15(10-13-21)6-8-17-16(2)7-9-18-19(3,14-22)11-5-12-20(17,18)4/h10,17-18,21-22H,2,5-9,11-14H2,1,3-4H3/b15-10+/t17-,18-,19-,20+/m1/s1. The third-order valence-corrected chi connectivity index (χ3v) is 6.77. The molecule has 2 nitrogen and oxygen atoms in total. The molecular formula is C20H34O2. The predicted molar refractivity (Wildman–Crippen MR) is 92.6 cm³/mol. The fourth-order valence-electron chi connectivity index (χ4n) is 5.44. The molecule has 2 aliphatic carbocycles. The summed E-state index contributed by atoms with van der Waals surface area (Å²) in [6.45, 7) is 11.7. The predicted octanol–water partition coefficient (Wildman–Crippen LogP) is 4.48. The van der Waals surface area contributed by atoms with Gasteiger partial charge < -0.3 is 10.2 Å². The summed E-state index contributed by atoms with van der Waals surface area (Å²) in [5.74, 6) is 1.16. The van der Waals surface area contributed by atoms with Crippen molar-refractivity contribution in [1.29, 1.82) is 0 Å². The molecule has 2 saturated carbocycles. The fraction of sp³-hybridized carbons (Fsp3) is 0.800. The zero-order chi connectivity index (χ0) is 16.4. The summed E-state index contributed by atoms with van der Waals surface area (Å²) in [5.41, 5.74) is 3.06. The second kappa shape index (κ2) is 6.88. The average molecular weight is 306 g/mol. The molecule has 0 spiro atoms. The Hall–Kier alpha value is -0.600. The molecule has 2 rings (SSSR count). The summed E-state index contributed by atoms with van der Waals surface area (Å²) in [6.07, 6.45) is 10.0. The van der Waals surface area contributed by atoms with Gasteiger partial charge in [0.1, 0.15) is 0 Å². The molecule has 2 heteroatoms. The van der Waals surface area contributed by atoms with E-state index >= 15 is 0 Å². The van der Waals surface area contributed by atoms with Crippen molar-refractivity contribution in [3.8, 4) is 0 Å².